The van der Waals surface area contributed by atoms with Gasteiger partial charge in [-0.3, -0.25) is 14.0 Å². The Kier molecular flexibility index (Phi) is 6.56. The first-order valence-corrected chi connectivity index (χ1v) is 11.2. The van der Waals surface area contributed by atoms with Crippen molar-refractivity contribution in [3.05, 3.63) is 100 Å². The monoisotopic (exact) mass is 445 g/mol. The maximum Gasteiger partial charge on any atom is 0.258 e. The van der Waals surface area contributed by atoms with Crippen LogP contribution in [0, 0.1) is 13.8 Å². The molecule has 1 amide bonds. The van der Waals surface area contributed by atoms with Crippen molar-refractivity contribution >= 4 is 29.0 Å². The normalized spacial score (nSPS) is 10.8. The standard InChI is InChI=1S/C25H23N3O3S/c1-17-3-9-22(10-4-17)32-16-24(29)27-19-5-7-21(8-6-19)31-15-20-14-25(30)28-12-11-18(2)13-23(28)26-20/h3-14H,15-16H2,1-2H3,(H,27,29). The largest absolute Gasteiger partial charge is 0.487 e. The summed E-state index contributed by atoms with van der Waals surface area (Å²) < 4.78 is 7.28. The van der Waals surface area contributed by atoms with E-state index in [4.69, 9.17) is 4.74 Å². The van der Waals surface area contributed by atoms with E-state index in [0.717, 1.165) is 10.5 Å². The Morgan fingerprint density at radius 3 is 2.50 bits per heavy atom. The number of pyridine rings is 1. The van der Waals surface area contributed by atoms with Crippen LogP contribution in [-0.2, 0) is 11.4 Å². The Morgan fingerprint density at radius 2 is 1.75 bits per heavy atom. The highest BCUT2D eigenvalue weighted by molar-refractivity contribution is 8.00. The van der Waals surface area contributed by atoms with E-state index in [1.54, 1.807) is 30.5 Å². The van der Waals surface area contributed by atoms with Gasteiger partial charge in [-0.2, -0.15) is 0 Å². The van der Waals surface area contributed by atoms with E-state index < -0.39 is 0 Å². The van der Waals surface area contributed by atoms with Crippen molar-refractivity contribution in [3.8, 4) is 5.75 Å². The average Bonchev–Trinajstić information content (AvgIpc) is 2.78. The zero-order valence-corrected chi connectivity index (χ0v) is 18.7. The van der Waals surface area contributed by atoms with E-state index in [0.29, 0.717) is 28.5 Å². The highest BCUT2D eigenvalue weighted by atomic mass is 32.2. The molecule has 4 rings (SSSR count). The van der Waals surface area contributed by atoms with Crippen LogP contribution in [0.3, 0.4) is 0 Å². The molecule has 4 aromatic rings. The molecule has 162 valence electrons. The van der Waals surface area contributed by atoms with Crippen LogP contribution in [0.25, 0.3) is 5.65 Å². The van der Waals surface area contributed by atoms with Crippen LogP contribution in [0.5, 0.6) is 5.75 Å². The molecule has 0 aliphatic heterocycles. The highest BCUT2D eigenvalue weighted by Gasteiger charge is 2.06. The number of carbonyl (C=O) groups excluding carboxylic acids is 1. The molecule has 2 aromatic heterocycles. The fourth-order valence-corrected chi connectivity index (χ4v) is 3.80. The lowest BCUT2D eigenvalue weighted by Gasteiger charge is -2.09. The summed E-state index contributed by atoms with van der Waals surface area (Å²) in [5.41, 5.74) is 3.94. The minimum Gasteiger partial charge on any atom is -0.487 e. The molecule has 0 spiro atoms. The lowest BCUT2D eigenvalue weighted by Crippen LogP contribution is -2.16. The molecule has 0 bridgehead atoms. The molecule has 0 unspecified atom stereocenters. The Bertz CT molecular complexity index is 1300. The first-order chi connectivity index (χ1) is 15.5. The number of anilines is 1. The van der Waals surface area contributed by atoms with E-state index in [2.05, 4.69) is 10.3 Å². The smallest absolute Gasteiger partial charge is 0.258 e. The van der Waals surface area contributed by atoms with E-state index in [1.807, 2.05) is 50.2 Å². The first-order valence-electron chi connectivity index (χ1n) is 10.2. The number of rotatable bonds is 7. The van der Waals surface area contributed by atoms with E-state index in [1.165, 1.54) is 27.8 Å². The van der Waals surface area contributed by atoms with Crippen LogP contribution in [0.15, 0.2) is 82.6 Å². The maximum absolute atomic E-state index is 12.3. The summed E-state index contributed by atoms with van der Waals surface area (Å²) in [5.74, 6) is 0.896. The molecule has 0 aliphatic carbocycles. The Balaban J connectivity index is 1.32. The Labute approximate surface area is 190 Å². The number of thioether (sulfide) groups is 1. The molecule has 2 aromatic carbocycles. The summed E-state index contributed by atoms with van der Waals surface area (Å²) in [4.78, 5) is 30.0. The van der Waals surface area contributed by atoms with Crippen LogP contribution in [0.2, 0.25) is 0 Å². The third kappa shape index (κ3) is 5.56. The molecule has 0 saturated heterocycles. The topological polar surface area (TPSA) is 72.7 Å². The predicted molar refractivity (Wildman–Crippen MR) is 128 cm³/mol. The van der Waals surface area contributed by atoms with E-state index >= 15 is 0 Å². The number of aryl methyl sites for hydroxylation is 2. The van der Waals surface area contributed by atoms with Gasteiger partial charge in [0.2, 0.25) is 5.91 Å². The average molecular weight is 446 g/mol. The number of hydrogen-bond donors (Lipinski definition) is 1. The number of hydrogen-bond acceptors (Lipinski definition) is 5. The molecule has 0 saturated carbocycles. The van der Waals surface area contributed by atoms with Crippen molar-refractivity contribution in [1.82, 2.24) is 9.38 Å². The van der Waals surface area contributed by atoms with Crippen molar-refractivity contribution in [1.29, 1.82) is 0 Å². The molecule has 1 N–H and O–H groups in total. The molecule has 0 atom stereocenters. The number of amides is 1. The van der Waals surface area contributed by atoms with Crippen LogP contribution in [-0.4, -0.2) is 21.0 Å². The van der Waals surface area contributed by atoms with Gasteiger partial charge in [0.05, 0.1) is 11.4 Å². The summed E-state index contributed by atoms with van der Waals surface area (Å²) in [5, 5.41) is 2.89. The zero-order chi connectivity index (χ0) is 22.5. The number of fused-ring (bicyclic) bond motifs is 1. The van der Waals surface area contributed by atoms with Gasteiger partial charge < -0.3 is 10.1 Å². The van der Waals surface area contributed by atoms with E-state index in [-0.39, 0.29) is 18.1 Å². The van der Waals surface area contributed by atoms with Gasteiger partial charge in [-0.05, 0) is 67.9 Å². The van der Waals surface area contributed by atoms with Gasteiger partial charge in [0, 0.05) is 22.8 Å². The van der Waals surface area contributed by atoms with Gasteiger partial charge >= 0.3 is 0 Å². The van der Waals surface area contributed by atoms with Crippen molar-refractivity contribution in [2.75, 3.05) is 11.1 Å². The van der Waals surface area contributed by atoms with Crippen molar-refractivity contribution in [2.24, 2.45) is 0 Å². The zero-order valence-electron chi connectivity index (χ0n) is 17.9. The Hall–Kier alpha value is -3.58. The number of nitrogens with zero attached hydrogens (tertiary/aromatic N) is 2. The molecule has 0 fully saturated rings. The molecule has 2 heterocycles. The highest BCUT2D eigenvalue weighted by Crippen LogP contribution is 2.20. The van der Waals surface area contributed by atoms with Crippen LogP contribution in [0.1, 0.15) is 16.8 Å². The number of carbonyl (C=O) groups is 1. The minimum absolute atomic E-state index is 0.0691. The van der Waals surface area contributed by atoms with Gasteiger partial charge in [0.15, 0.2) is 0 Å². The SMILES string of the molecule is Cc1ccc(SCC(=O)Nc2ccc(OCc3cc(=O)n4ccc(C)cc4n3)cc2)cc1. The fourth-order valence-electron chi connectivity index (χ4n) is 3.10. The maximum atomic E-state index is 12.3. The summed E-state index contributed by atoms with van der Waals surface area (Å²) in [6.45, 7) is 4.17. The summed E-state index contributed by atoms with van der Waals surface area (Å²) in [6, 6.07) is 20.4. The van der Waals surface area contributed by atoms with Crippen molar-refractivity contribution in [3.63, 3.8) is 0 Å². The van der Waals surface area contributed by atoms with Crippen LogP contribution in [0.4, 0.5) is 5.69 Å². The predicted octanol–water partition coefficient (Wildman–Crippen LogP) is 4.62. The molecule has 32 heavy (non-hydrogen) atoms. The van der Waals surface area contributed by atoms with Gasteiger partial charge in [0.1, 0.15) is 18.0 Å². The second kappa shape index (κ2) is 9.70. The van der Waals surface area contributed by atoms with Gasteiger partial charge in [0.25, 0.3) is 5.56 Å². The second-order valence-corrected chi connectivity index (χ2v) is 8.53. The quantitative estimate of drug-likeness (QED) is 0.420. The van der Waals surface area contributed by atoms with E-state index in [9.17, 15) is 9.59 Å². The molecule has 0 aliphatic rings. The number of aromatic nitrogens is 2. The summed E-state index contributed by atoms with van der Waals surface area (Å²) in [7, 11) is 0. The van der Waals surface area contributed by atoms with Crippen LogP contribution >= 0.6 is 11.8 Å². The third-order valence-corrected chi connectivity index (χ3v) is 5.80. The van der Waals surface area contributed by atoms with Crippen molar-refractivity contribution in [2.45, 2.75) is 25.3 Å². The third-order valence-electron chi connectivity index (χ3n) is 4.79. The van der Waals surface area contributed by atoms with Crippen molar-refractivity contribution < 1.29 is 9.53 Å². The first kappa shape index (κ1) is 21.6. The Morgan fingerprint density at radius 1 is 1.00 bits per heavy atom. The van der Waals surface area contributed by atoms with Gasteiger partial charge in [-0.1, -0.05) is 17.7 Å². The van der Waals surface area contributed by atoms with Gasteiger partial charge in [-0.25, -0.2) is 4.98 Å². The lowest BCUT2D eigenvalue weighted by molar-refractivity contribution is -0.113. The molecule has 7 heteroatoms. The molecule has 6 nitrogen and oxygen atoms in total. The fraction of sp³-hybridized carbons (Fsp3) is 0.160. The van der Waals surface area contributed by atoms with Gasteiger partial charge in [-0.15, -0.1) is 11.8 Å². The number of nitrogens with one attached hydrogen (secondary N) is 1. The van der Waals surface area contributed by atoms with Crippen LogP contribution < -0.4 is 15.6 Å². The minimum atomic E-state index is -0.143. The molecule has 0 radical (unpaired) electrons. The number of ether oxygens (including phenoxy) is 1. The lowest BCUT2D eigenvalue weighted by atomic mass is 10.2. The molecular formula is C25H23N3O3S. The molecular weight excluding hydrogens is 422 g/mol. The second-order valence-electron chi connectivity index (χ2n) is 7.48. The summed E-state index contributed by atoms with van der Waals surface area (Å²) in [6.07, 6.45) is 1.72. The summed E-state index contributed by atoms with van der Waals surface area (Å²) >= 11 is 1.50. The number of benzene rings is 2.